The van der Waals surface area contributed by atoms with Gasteiger partial charge in [0, 0.05) is 11.4 Å². The van der Waals surface area contributed by atoms with Crippen LogP contribution < -0.4 is 5.32 Å². The van der Waals surface area contributed by atoms with Gasteiger partial charge in [-0.3, -0.25) is 0 Å². The van der Waals surface area contributed by atoms with Crippen LogP contribution in [0.15, 0.2) is 5.38 Å². The number of aromatic nitrogens is 1. The highest BCUT2D eigenvalue weighted by Gasteiger charge is 2.20. The Kier molecular flexibility index (Phi) is 3.56. The number of hydrogen-bond donors (Lipinski definition) is 2. The summed E-state index contributed by atoms with van der Waals surface area (Å²) in [6, 6.07) is 0.730. The van der Waals surface area contributed by atoms with Gasteiger partial charge >= 0.3 is 5.97 Å². The fraction of sp³-hybridized carbons (Fsp3) is 0.636. The first-order valence-corrected chi connectivity index (χ1v) is 6.49. The van der Waals surface area contributed by atoms with Gasteiger partial charge in [-0.05, 0) is 19.8 Å². The zero-order valence-corrected chi connectivity index (χ0v) is 10.1. The van der Waals surface area contributed by atoms with Crippen LogP contribution in [-0.4, -0.2) is 22.1 Å². The van der Waals surface area contributed by atoms with E-state index in [-0.39, 0.29) is 11.7 Å². The summed E-state index contributed by atoms with van der Waals surface area (Å²) in [6.45, 7) is 2.04. The quantitative estimate of drug-likeness (QED) is 0.848. The number of carboxylic acid groups (broad SMARTS) is 1. The highest BCUT2D eigenvalue weighted by molar-refractivity contribution is 7.09. The maximum atomic E-state index is 10.7. The van der Waals surface area contributed by atoms with Crippen LogP contribution in [0.5, 0.6) is 0 Å². The SMILES string of the molecule is CC(NC1CCCC1)c1nc(C(=O)O)cs1. The number of aromatic carboxylic acids is 1. The molecule has 1 atom stereocenters. The Morgan fingerprint density at radius 1 is 1.62 bits per heavy atom. The van der Waals surface area contributed by atoms with Gasteiger partial charge < -0.3 is 10.4 Å². The third-order valence-corrected chi connectivity index (χ3v) is 3.98. The number of thiazole rings is 1. The maximum absolute atomic E-state index is 10.7. The van der Waals surface area contributed by atoms with E-state index >= 15 is 0 Å². The van der Waals surface area contributed by atoms with Crippen molar-refractivity contribution in [3.8, 4) is 0 Å². The van der Waals surface area contributed by atoms with Crippen LogP contribution in [0.3, 0.4) is 0 Å². The Bertz CT molecular complexity index is 372. The summed E-state index contributed by atoms with van der Waals surface area (Å²) >= 11 is 1.41. The maximum Gasteiger partial charge on any atom is 0.355 e. The van der Waals surface area contributed by atoms with E-state index in [1.165, 1.54) is 37.0 Å². The van der Waals surface area contributed by atoms with E-state index in [0.717, 1.165) is 5.01 Å². The van der Waals surface area contributed by atoms with Crippen molar-refractivity contribution in [1.29, 1.82) is 0 Å². The summed E-state index contributed by atoms with van der Waals surface area (Å²) in [4.78, 5) is 14.8. The van der Waals surface area contributed by atoms with Gasteiger partial charge in [-0.2, -0.15) is 0 Å². The van der Waals surface area contributed by atoms with Gasteiger partial charge in [0.25, 0.3) is 0 Å². The molecule has 1 heterocycles. The van der Waals surface area contributed by atoms with Crippen molar-refractivity contribution in [3.05, 3.63) is 16.1 Å². The second kappa shape index (κ2) is 4.93. The van der Waals surface area contributed by atoms with Crippen molar-refractivity contribution in [2.75, 3.05) is 0 Å². The second-order valence-corrected chi connectivity index (χ2v) is 5.14. The summed E-state index contributed by atoms with van der Waals surface area (Å²) in [5, 5.41) is 14.8. The molecular weight excluding hydrogens is 224 g/mol. The van der Waals surface area contributed by atoms with Crippen LogP contribution in [0.1, 0.15) is 54.1 Å². The Morgan fingerprint density at radius 2 is 2.31 bits per heavy atom. The highest BCUT2D eigenvalue weighted by Crippen LogP contribution is 2.23. The van der Waals surface area contributed by atoms with Gasteiger partial charge in [-0.1, -0.05) is 12.8 Å². The minimum atomic E-state index is -0.949. The van der Waals surface area contributed by atoms with Crippen LogP contribution in [0, 0.1) is 0 Å². The molecule has 16 heavy (non-hydrogen) atoms. The van der Waals surface area contributed by atoms with E-state index in [9.17, 15) is 4.79 Å². The van der Waals surface area contributed by atoms with Crippen LogP contribution in [-0.2, 0) is 0 Å². The number of nitrogens with one attached hydrogen (secondary N) is 1. The predicted molar refractivity (Wildman–Crippen MR) is 62.9 cm³/mol. The number of nitrogens with zero attached hydrogens (tertiary/aromatic N) is 1. The van der Waals surface area contributed by atoms with E-state index in [2.05, 4.69) is 10.3 Å². The fourth-order valence-corrected chi connectivity index (χ4v) is 2.91. The van der Waals surface area contributed by atoms with Gasteiger partial charge in [0.15, 0.2) is 5.69 Å². The first-order valence-electron chi connectivity index (χ1n) is 5.61. The molecule has 0 aliphatic heterocycles. The van der Waals surface area contributed by atoms with E-state index in [1.54, 1.807) is 5.38 Å². The molecule has 5 heteroatoms. The van der Waals surface area contributed by atoms with Crippen LogP contribution in [0.2, 0.25) is 0 Å². The first-order chi connectivity index (χ1) is 7.66. The van der Waals surface area contributed by atoms with Crippen molar-refractivity contribution in [1.82, 2.24) is 10.3 Å². The predicted octanol–water partition coefficient (Wildman–Crippen LogP) is 2.43. The Hall–Kier alpha value is -0.940. The molecule has 0 saturated heterocycles. The van der Waals surface area contributed by atoms with Gasteiger partial charge in [0.2, 0.25) is 0 Å². The molecule has 0 bridgehead atoms. The molecule has 1 fully saturated rings. The van der Waals surface area contributed by atoms with Gasteiger partial charge in [0.05, 0.1) is 6.04 Å². The molecular formula is C11H16N2O2S. The Morgan fingerprint density at radius 3 is 2.88 bits per heavy atom. The average molecular weight is 240 g/mol. The zero-order valence-electron chi connectivity index (χ0n) is 9.27. The molecule has 1 saturated carbocycles. The lowest BCUT2D eigenvalue weighted by molar-refractivity contribution is 0.0691. The molecule has 88 valence electrons. The third-order valence-electron chi connectivity index (χ3n) is 2.95. The molecule has 1 unspecified atom stereocenters. The Balaban J connectivity index is 1.96. The lowest BCUT2D eigenvalue weighted by atomic mass is 10.2. The van der Waals surface area contributed by atoms with Crippen molar-refractivity contribution in [3.63, 3.8) is 0 Å². The summed E-state index contributed by atoms with van der Waals surface area (Å²) in [7, 11) is 0. The standard InChI is InChI=1S/C11H16N2O2S/c1-7(12-8-4-2-3-5-8)10-13-9(6-16-10)11(14)15/h6-8,12H,2-5H2,1H3,(H,14,15). The smallest absolute Gasteiger partial charge is 0.355 e. The van der Waals surface area contributed by atoms with E-state index in [4.69, 9.17) is 5.11 Å². The van der Waals surface area contributed by atoms with Gasteiger partial charge in [0.1, 0.15) is 5.01 Å². The molecule has 1 aliphatic rings. The fourth-order valence-electron chi connectivity index (χ4n) is 2.10. The highest BCUT2D eigenvalue weighted by atomic mass is 32.1. The normalized spacial score (nSPS) is 18.8. The number of rotatable bonds is 4. The van der Waals surface area contributed by atoms with Crippen molar-refractivity contribution in [2.45, 2.75) is 44.7 Å². The van der Waals surface area contributed by atoms with E-state index in [1.807, 2.05) is 6.92 Å². The van der Waals surface area contributed by atoms with E-state index in [0.29, 0.717) is 6.04 Å². The first kappa shape index (κ1) is 11.5. The summed E-state index contributed by atoms with van der Waals surface area (Å²) in [5.74, 6) is -0.949. The molecule has 2 rings (SSSR count). The third kappa shape index (κ3) is 2.59. The average Bonchev–Trinajstić information content (AvgIpc) is 2.86. The summed E-state index contributed by atoms with van der Waals surface area (Å²) in [5.41, 5.74) is 0.153. The van der Waals surface area contributed by atoms with Crippen LogP contribution in [0.4, 0.5) is 0 Å². The Labute approximate surface area is 98.7 Å². The molecule has 1 aromatic rings. The minimum Gasteiger partial charge on any atom is -0.476 e. The number of carbonyl (C=O) groups is 1. The largest absolute Gasteiger partial charge is 0.476 e. The van der Waals surface area contributed by atoms with Crippen molar-refractivity contribution >= 4 is 17.3 Å². The summed E-state index contributed by atoms with van der Waals surface area (Å²) < 4.78 is 0. The molecule has 1 aliphatic carbocycles. The molecule has 1 aromatic heterocycles. The van der Waals surface area contributed by atoms with Crippen LogP contribution in [0.25, 0.3) is 0 Å². The minimum absolute atomic E-state index is 0.153. The van der Waals surface area contributed by atoms with Gasteiger partial charge in [-0.15, -0.1) is 11.3 Å². The molecule has 0 spiro atoms. The van der Waals surface area contributed by atoms with Crippen molar-refractivity contribution in [2.24, 2.45) is 0 Å². The second-order valence-electron chi connectivity index (χ2n) is 4.25. The monoisotopic (exact) mass is 240 g/mol. The lowest BCUT2D eigenvalue weighted by Crippen LogP contribution is -2.28. The molecule has 2 N–H and O–H groups in total. The van der Waals surface area contributed by atoms with Gasteiger partial charge in [-0.25, -0.2) is 9.78 Å². The van der Waals surface area contributed by atoms with Crippen LogP contribution >= 0.6 is 11.3 Å². The number of hydrogen-bond acceptors (Lipinski definition) is 4. The summed E-state index contributed by atoms with van der Waals surface area (Å²) in [6.07, 6.45) is 5.04. The zero-order chi connectivity index (χ0) is 11.5. The molecule has 4 nitrogen and oxygen atoms in total. The van der Waals surface area contributed by atoms with E-state index < -0.39 is 5.97 Å². The molecule has 0 radical (unpaired) electrons. The topological polar surface area (TPSA) is 62.2 Å². The number of carboxylic acids is 1. The molecule has 0 aromatic carbocycles. The lowest BCUT2D eigenvalue weighted by Gasteiger charge is -2.16. The molecule has 0 amide bonds. The van der Waals surface area contributed by atoms with Crippen molar-refractivity contribution < 1.29 is 9.90 Å².